The predicted octanol–water partition coefficient (Wildman–Crippen LogP) is 13.3. The largest absolute Gasteiger partial charge is 0.534 e. The summed E-state index contributed by atoms with van der Waals surface area (Å²) in [5.41, 5.74) is 10.5. The summed E-state index contributed by atoms with van der Waals surface area (Å²) in [6, 6.07) is 56.0. The minimum Gasteiger partial charge on any atom is -0.534 e. The van der Waals surface area contributed by atoms with Crippen LogP contribution in [0.25, 0.3) is 10.4 Å². The molecule has 6 aromatic carbocycles. The number of benzene rings is 6. The second kappa shape index (κ2) is 26.8. The van der Waals surface area contributed by atoms with E-state index in [4.69, 9.17) is 19.1 Å². The fourth-order valence-electron chi connectivity index (χ4n) is 9.66. The Kier molecular flexibility index (Phi) is 20.7. The van der Waals surface area contributed by atoms with Crippen LogP contribution in [0.2, 0.25) is 10.1 Å². The summed E-state index contributed by atoms with van der Waals surface area (Å²) >= 11 is 2.11. The molecule has 0 saturated carbocycles. The molecule has 0 heterocycles. The number of unbranched alkanes of at least 4 members (excludes halogenated alkanes) is 5. The third-order valence-electron chi connectivity index (χ3n) is 13.2. The second-order valence-electron chi connectivity index (χ2n) is 20.4. The number of nitrogens with one attached hydrogen (secondary N) is 1. The van der Waals surface area contributed by atoms with Crippen molar-refractivity contribution < 1.29 is 23.2 Å². The first-order chi connectivity index (χ1) is 34.7. The lowest BCUT2D eigenvalue weighted by Crippen LogP contribution is -2.68. The van der Waals surface area contributed by atoms with E-state index in [0.717, 1.165) is 53.4 Å². The van der Waals surface area contributed by atoms with Crippen LogP contribution in [-0.2, 0) is 20.4 Å². The van der Waals surface area contributed by atoms with E-state index in [0.29, 0.717) is 25.9 Å². The van der Waals surface area contributed by atoms with Gasteiger partial charge in [-0.2, -0.15) is 0 Å². The summed E-state index contributed by atoms with van der Waals surface area (Å²) in [4.78, 5) is 29.3. The topological polar surface area (TPSA) is 123 Å². The van der Waals surface area contributed by atoms with Gasteiger partial charge in [-0.1, -0.05) is 218 Å². The Bertz CT molecular complexity index is 2630. The highest BCUT2D eigenvalue weighted by Crippen LogP contribution is 2.39. The average Bonchev–Trinajstić information content (AvgIpc) is 3.37. The summed E-state index contributed by atoms with van der Waals surface area (Å²) in [5, 5.41) is 11.5. The third-order valence-corrected chi connectivity index (χ3v) is 23.8. The highest BCUT2D eigenvalue weighted by atomic mass is 127. The number of hydrogen-bond donors (Lipinski definition) is 1. The van der Waals surface area contributed by atoms with Gasteiger partial charge in [-0.3, -0.25) is 4.79 Å². The van der Waals surface area contributed by atoms with Crippen molar-refractivity contribution in [2.45, 2.75) is 115 Å². The Morgan fingerprint density at radius 3 is 1.68 bits per heavy atom. The van der Waals surface area contributed by atoms with Crippen LogP contribution in [0.1, 0.15) is 109 Å². The van der Waals surface area contributed by atoms with E-state index in [-0.39, 0.29) is 39.9 Å². The molecule has 0 saturated heterocycles. The predicted molar refractivity (Wildman–Crippen MR) is 308 cm³/mol. The molecule has 0 aromatic heterocycles. The molecule has 1 atom stereocenters. The molecule has 6 rings (SSSR count). The normalized spacial score (nSPS) is 12.5. The Balaban J connectivity index is 1.09. The van der Waals surface area contributed by atoms with Gasteiger partial charge in [0.2, 0.25) is 5.91 Å². The van der Waals surface area contributed by atoms with Gasteiger partial charge in [-0.05, 0) is 121 Å². The first-order valence-electron chi connectivity index (χ1n) is 25.3. The zero-order valence-electron chi connectivity index (χ0n) is 42.9. The maximum atomic E-state index is 13.9. The van der Waals surface area contributed by atoms with Crippen LogP contribution in [0, 0.1) is 3.57 Å². The fourth-order valence-corrected chi connectivity index (χ4v) is 19.2. The maximum Gasteiger partial charge on any atom is 0.338 e. The molecular weight excluding hydrogens is 1040 g/mol. The quantitative estimate of drug-likeness (QED) is 0.00894. The van der Waals surface area contributed by atoms with Crippen molar-refractivity contribution in [3.8, 4) is 5.75 Å². The average molecular weight is 1110 g/mol. The van der Waals surface area contributed by atoms with Crippen molar-refractivity contribution in [3.63, 3.8) is 0 Å². The molecule has 1 N–H and O–H groups in total. The van der Waals surface area contributed by atoms with Gasteiger partial charge in [0, 0.05) is 14.9 Å². The molecule has 0 spiro atoms. The van der Waals surface area contributed by atoms with Gasteiger partial charge in [0.1, 0.15) is 5.75 Å². The number of rotatable bonds is 25. The molecule has 9 nitrogen and oxygen atoms in total. The molecule has 0 radical (unpaired) electrons. The fraction of sp³-hybridized carbons (Fsp3) is 0.333. The number of carbonyl (C=O) groups is 2. The molecule has 6 aromatic rings. The van der Waals surface area contributed by atoms with Gasteiger partial charge in [0.15, 0.2) is 0 Å². The second-order valence-corrected chi connectivity index (χ2v) is 30.2. The molecule has 0 unspecified atom stereocenters. The molecule has 1 amide bonds. The lowest BCUT2D eigenvalue weighted by Gasteiger charge is -2.43. The van der Waals surface area contributed by atoms with Gasteiger partial charge in [0.25, 0.3) is 8.32 Å². The van der Waals surface area contributed by atoms with Crippen LogP contribution in [0.3, 0.4) is 0 Å². The number of ether oxygens (including phenoxy) is 1. The summed E-state index contributed by atoms with van der Waals surface area (Å²) < 4.78 is 21.1. The van der Waals surface area contributed by atoms with Gasteiger partial charge in [0.05, 0.1) is 30.5 Å². The lowest BCUT2D eigenvalue weighted by atomic mass is 10.1. The monoisotopic (exact) mass is 1110 g/mol. The van der Waals surface area contributed by atoms with Crippen LogP contribution in [0.5, 0.6) is 5.75 Å². The van der Waals surface area contributed by atoms with E-state index in [1.54, 1.807) is 18.2 Å². The zero-order chi connectivity index (χ0) is 51.5. The molecule has 12 heteroatoms. The SMILES string of the molecule is CC(C)(C)[Si](OC[C@H](Cc1ccc(O[Si](c2ccccc2)(c2ccccc2)C(C)(C)C)cc1)NC(=O)CCCCCCC/C=C\CCOC(=O)c1cc(I)ccc1N=[N+]=[N-])(c1ccccc1)c1ccccc1. The van der Waals surface area contributed by atoms with Crippen molar-refractivity contribution in [2.75, 3.05) is 13.2 Å². The molecule has 0 aliphatic heterocycles. The summed E-state index contributed by atoms with van der Waals surface area (Å²) in [6.45, 7) is 14.3. The first kappa shape index (κ1) is 55.5. The minimum absolute atomic E-state index is 0.0392. The maximum absolute atomic E-state index is 13.9. The number of carbonyl (C=O) groups excluding carboxylic acids is 2. The van der Waals surface area contributed by atoms with Crippen LogP contribution < -0.4 is 30.5 Å². The van der Waals surface area contributed by atoms with Gasteiger partial charge < -0.3 is 18.9 Å². The molecule has 0 aliphatic carbocycles. The standard InChI is InChI=1S/C60H71IN4O5Si2/c1-59(2,3)71(51-28-18-14-19-29-51,52-30-20-15-21-31-52)69-46-49(44-47-37-40-50(41-38-47)70-72(60(4,5)6,53-32-22-16-23-33-53)54-34-24-17-25-35-54)63-57(66)36-26-12-10-8-7-9-11-13-27-43-68-58(67)55-45-48(61)39-42-56(55)64-65-62/h11,13-25,28-35,37-42,45,49H,7-10,12,26-27,36,43-44,46H2,1-6H3,(H,63,66)/b13-11-/t49-/m0/s1. The Morgan fingerprint density at radius 2 is 1.15 bits per heavy atom. The molecule has 0 fully saturated rings. The number of amides is 1. The lowest BCUT2D eigenvalue weighted by molar-refractivity contribution is -0.122. The number of esters is 1. The number of allylic oxidation sites excluding steroid dienone is 1. The van der Waals surface area contributed by atoms with Crippen LogP contribution in [-0.4, -0.2) is 47.8 Å². The molecular formula is C60H71IN4O5Si2. The minimum atomic E-state index is -2.88. The zero-order valence-corrected chi connectivity index (χ0v) is 47.0. The van der Waals surface area contributed by atoms with Crippen LogP contribution in [0.4, 0.5) is 5.69 Å². The Hall–Kier alpha value is -5.77. The van der Waals surface area contributed by atoms with Crippen LogP contribution >= 0.6 is 22.6 Å². The van der Waals surface area contributed by atoms with Crippen molar-refractivity contribution in [1.29, 1.82) is 0 Å². The number of nitrogens with zero attached hydrogens (tertiary/aromatic N) is 3. The summed E-state index contributed by atoms with van der Waals surface area (Å²) in [6.07, 6.45) is 11.7. The van der Waals surface area contributed by atoms with Crippen molar-refractivity contribution in [1.82, 2.24) is 5.32 Å². The van der Waals surface area contributed by atoms with Crippen molar-refractivity contribution >= 4 is 77.5 Å². The van der Waals surface area contributed by atoms with Gasteiger partial charge in [-0.15, -0.1) is 0 Å². The Morgan fingerprint density at radius 1 is 0.653 bits per heavy atom. The van der Waals surface area contributed by atoms with Gasteiger partial charge >= 0.3 is 14.3 Å². The molecule has 376 valence electrons. The van der Waals surface area contributed by atoms with E-state index in [2.05, 4.69) is 231 Å². The first-order valence-corrected chi connectivity index (χ1v) is 30.2. The number of azide groups is 1. The van der Waals surface area contributed by atoms with Crippen molar-refractivity contribution in [2.24, 2.45) is 5.11 Å². The highest BCUT2D eigenvalue weighted by molar-refractivity contribution is 14.1. The number of halogens is 1. The van der Waals surface area contributed by atoms with E-state index >= 15 is 0 Å². The van der Waals surface area contributed by atoms with E-state index < -0.39 is 22.6 Å². The van der Waals surface area contributed by atoms with Crippen LogP contribution in [0.15, 0.2) is 181 Å². The molecule has 0 bridgehead atoms. The summed E-state index contributed by atoms with van der Waals surface area (Å²) in [7, 11) is -5.71. The smallest absolute Gasteiger partial charge is 0.338 e. The molecule has 72 heavy (non-hydrogen) atoms. The van der Waals surface area contributed by atoms with Crippen molar-refractivity contribution in [3.05, 3.63) is 201 Å². The number of hydrogen-bond acceptors (Lipinski definition) is 6. The van der Waals surface area contributed by atoms with Gasteiger partial charge in [-0.25, -0.2) is 4.79 Å². The Labute approximate surface area is 443 Å². The third kappa shape index (κ3) is 14.7. The van der Waals surface area contributed by atoms with E-state index in [9.17, 15) is 9.59 Å². The van der Waals surface area contributed by atoms with E-state index in [1.807, 2.05) is 6.08 Å². The molecule has 0 aliphatic rings. The summed E-state index contributed by atoms with van der Waals surface area (Å²) in [5.74, 6) is 0.367. The van der Waals surface area contributed by atoms with E-state index in [1.165, 1.54) is 20.7 Å². The highest BCUT2D eigenvalue weighted by Gasteiger charge is 2.52.